The van der Waals surface area contributed by atoms with Crippen molar-refractivity contribution in [1.29, 1.82) is 0 Å². The van der Waals surface area contributed by atoms with Crippen LogP contribution in [0, 0.1) is 0 Å². The Kier molecular flexibility index (Phi) is 4.37. The van der Waals surface area contributed by atoms with Gasteiger partial charge in [-0.05, 0) is 25.0 Å². The average Bonchev–Trinajstić information content (AvgIpc) is 2.59. The predicted molar refractivity (Wildman–Crippen MR) is 88.0 cm³/mol. The summed E-state index contributed by atoms with van der Waals surface area (Å²) in [5.41, 5.74) is 0.246. The van der Waals surface area contributed by atoms with E-state index in [1.807, 2.05) is 7.05 Å². The standard InChI is InChI=1S/C18H21NO4/c1-19(12-6-4-3-5-7-12)18(21)15-11-17(20)23-16-10-13(22-2)8-9-14(15)16/h8-12H,3-7H2,1-2H3. The molecule has 2 aromatic rings. The fourth-order valence-corrected chi connectivity index (χ4v) is 3.27. The molecular weight excluding hydrogens is 294 g/mol. The van der Waals surface area contributed by atoms with Gasteiger partial charge in [-0.2, -0.15) is 0 Å². The van der Waals surface area contributed by atoms with Crippen molar-refractivity contribution in [3.05, 3.63) is 40.2 Å². The lowest BCUT2D eigenvalue weighted by Crippen LogP contribution is -2.38. The van der Waals surface area contributed by atoms with E-state index in [0.29, 0.717) is 22.3 Å². The fourth-order valence-electron chi connectivity index (χ4n) is 3.27. The van der Waals surface area contributed by atoms with Gasteiger partial charge in [0.05, 0.1) is 12.7 Å². The lowest BCUT2D eigenvalue weighted by Gasteiger charge is -2.31. The SMILES string of the molecule is COc1ccc2c(C(=O)N(C)C3CCCCC3)cc(=O)oc2c1. The Hall–Kier alpha value is -2.30. The van der Waals surface area contributed by atoms with E-state index in [-0.39, 0.29) is 11.9 Å². The van der Waals surface area contributed by atoms with Gasteiger partial charge in [-0.25, -0.2) is 4.79 Å². The van der Waals surface area contributed by atoms with Gasteiger partial charge in [-0.3, -0.25) is 4.79 Å². The van der Waals surface area contributed by atoms with Crippen molar-refractivity contribution in [1.82, 2.24) is 4.90 Å². The van der Waals surface area contributed by atoms with Crippen LogP contribution in [0.1, 0.15) is 42.5 Å². The molecule has 0 unspecified atom stereocenters. The molecule has 5 heteroatoms. The lowest BCUT2D eigenvalue weighted by molar-refractivity contribution is 0.0697. The normalized spacial score (nSPS) is 15.6. The predicted octanol–water partition coefficient (Wildman–Crippen LogP) is 3.21. The molecule has 0 radical (unpaired) electrons. The van der Waals surface area contributed by atoms with Crippen LogP contribution in [0.15, 0.2) is 33.5 Å². The van der Waals surface area contributed by atoms with Gasteiger partial charge < -0.3 is 14.1 Å². The van der Waals surface area contributed by atoms with Crippen LogP contribution in [0.2, 0.25) is 0 Å². The molecule has 1 aliphatic rings. The third-order valence-electron chi connectivity index (χ3n) is 4.62. The Morgan fingerprint density at radius 1 is 1.22 bits per heavy atom. The van der Waals surface area contributed by atoms with Gasteiger partial charge in [0, 0.05) is 30.6 Å². The first-order valence-electron chi connectivity index (χ1n) is 7.99. The number of fused-ring (bicyclic) bond motifs is 1. The Balaban J connectivity index is 2.00. The third-order valence-corrected chi connectivity index (χ3v) is 4.62. The van der Waals surface area contributed by atoms with Crippen molar-refractivity contribution >= 4 is 16.9 Å². The molecule has 1 amide bonds. The van der Waals surface area contributed by atoms with E-state index in [1.165, 1.54) is 12.5 Å². The molecule has 0 N–H and O–H groups in total. The molecule has 5 nitrogen and oxygen atoms in total. The van der Waals surface area contributed by atoms with Gasteiger partial charge in [0.15, 0.2) is 0 Å². The first-order valence-corrected chi connectivity index (χ1v) is 7.99. The van der Waals surface area contributed by atoms with Gasteiger partial charge in [0.25, 0.3) is 5.91 Å². The Morgan fingerprint density at radius 2 is 1.96 bits per heavy atom. The molecule has 122 valence electrons. The molecule has 1 aromatic carbocycles. The van der Waals surface area contributed by atoms with Crippen molar-refractivity contribution < 1.29 is 13.9 Å². The van der Waals surface area contributed by atoms with Crippen molar-refractivity contribution in [2.24, 2.45) is 0 Å². The van der Waals surface area contributed by atoms with E-state index in [4.69, 9.17) is 9.15 Å². The van der Waals surface area contributed by atoms with Crippen molar-refractivity contribution in [3.8, 4) is 5.75 Å². The second-order valence-electron chi connectivity index (χ2n) is 6.05. The highest BCUT2D eigenvalue weighted by molar-refractivity contribution is 6.05. The van der Waals surface area contributed by atoms with Crippen LogP contribution < -0.4 is 10.4 Å². The van der Waals surface area contributed by atoms with Crippen LogP contribution in [-0.4, -0.2) is 31.0 Å². The van der Waals surface area contributed by atoms with Gasteiger partial charge >= 0.3 is 5.63 Å². The summed E-state index contributed by atoms with van der Waals surface area (Å²) in [5.74, 6) is 0.464. The van der Waals surface area contributed by atoms with E-state index >= 15 is 0 Å². The Bertz CT molecular complexity index is 774. The first-order chi connectivity index (χ1) is 11.1. The summed E-state index contributed by atoms with van der Waals surface area (Å²) >= 11 is 0. The van der Waals surface area contributed by atoms with Crippen LogP contribution in [0.25, 0.3) is 11.0 Å². The van der Waals surface area contributed by atoms with E-state index in [1.54, 1.807) is 30.2 Å². The summed E-state index contributed by atoms with van der Waals surface area (Å²) < 4.78 is 10.4. The summed E-state index contributed by atoms with van der Waals surface area (Å²) in [6.45, 7) is 0. The molecule has 23 heavy (non-hydrogen) atoms. The van der Waals surface area contributed by atoms with Crippen molar-refractivity contribution in [3.63, 3.8) is 0 Å². The Labute approximate surface area is 134 Å². The first kappa shape index (κ1) is 15.6. The Morgan fingerprint density at radius 3 is 2.65 bits per heavy atom. The fraction of sp³-hybridized carbons (Fsp3) is 0.444. The highest BCUT2D eigenvalue weighted by Crippen LogP contribution is 2.26. The van der Waals surface area contributed by atoms with Gasteiger partial charge in [-0.1, -0.05) is 19.3 Å². The topological polar surface area (TPSA) is 59.8 Å². The molecule has 1 aromatic heterocycles. The van der Waals surface area contributed by atoms with E-state index in [2.05, 4.69) is 0 Å². The van der Waals surface area contributed by atoms with E-state index in [0.717, 1.165) is 25.7 Å². The average molecular weight is 315 g/mol. The quantitative estimate of drug-likeness (QED) is 0.816. The van der Waals surface area contributed by atoms with Crippen LogP contribution in [0.4, 0.5) is 0 Å². The number of amides is 1. The summed E-state index contributed by atoms with van der Waals surface area (Å²) in [7, 11) is 3.37. The number of carbonyl (C=O) groups is 1. The number of hydrogen-bond donors (Lipinski definition) is 0. The van der Waals surface area contributed by atoms with E-state index < -0.39 is 5.63 Å². The summed E-state index contributed by atoms with van der Waals surface area (Å²) in [5, 5.41) is 0.637. The van der Waals surface area contributed by atoms with Gasteiger partial charge in [0.2, 0.25) is 0 Å². The molecule has 1 fully saturated rings. The minimum atomic E-state index is -0.522. The smallest absolute Gasteiger partial charge is 0.337 e. The maximum Gasteiger partial charge on any atom is 0.337 e. The lowest BCUT2D eigenvalue weighted by atomic mass is 9.94. The van der Waals surface area contributed by atoms with Crippen molar-refractivity contribution in [2.75, 3.05) is 14.2 Å². The maximum absolute atomic E-state index is 12.9. The van der Waals surface area contributed by atoms with Crippen LogP contribution in [-0.2, 0) is 0 Å². The van der Waals surface area contributed by atoms with E-state index in [9.17, 15) is 9.59 Å². The monoisotopic (exact) mass is 315 g/mol. The summed E-state index contributed by atoms with van der Waals surface area (Å²) in [4.78, 5) is 26.5. The molecule has 1 saturated carbocycles. The highest BCUT2D eigenvalue weighted by atomic mass is 16.5. The second kappa shape index (κ2) is 6.44. The maximum atomic E-state index is 12.9. The minimum absolute atomic E-state index is 0.125. The number of rotatable bonds is 3. The molecule has 1 aliphatic carbocycles. The van der Waals surface area contributed by atoms with Crippen LogP contribution in [0.5, 0.6) is 5.75 Å². The number of carbonyl (C=O) groups excluding carboxylic acids is 1. The van der Waals surface area contributed by atoms with Crippen LogP contribution >= 0.6 is 0 Å². The van der Waals surface area contributed by atoms with Gasteiger partial charge in [-0.15, -0.1) is 0 Å². The largest absolute Gasteiger partial charge is 0.497 e. The third kappa shape index (κ3) is 3.09. The van der Waals surface area contributed by atoms with Crippen LogP contribution in [0.3, 0.4) is 0 Å². The zero-order valence-electron chi connectivity index (χ0n) is 13.5. The summed E-state index contributed by atoms with van der Waals surface area (Å²) in [6.07, 6.45) is 5.58. The molecule has 0 bridgehead atoms. The molecule has 0 spiro atoms. The number of methoxy groups -OCH3 is 1. The minimum Gasteiger partial charge on any atom is -0.497 e. The zero-order valence-corrected chi connectivity index (χ0v) is 13.5. The number of ether oxygens (including phenoxy) is 1. The molecule has 0 atom stereocenters. The second-order valence-corrected chi connectivity index (χ2v) is 6.05. The number of benzene rings is 1. The number of hydrogen-bond acceptors (Lipinski definition) is 4. The molecular formula is C18H21NO4. The zero-order chi connectivity index (χ0) is 16.4. The molecule has 0 saturated heterocycles. The molecule has 3 rings (SSSR count). The molecule has 0 aliphatic heterocycles. The molecule has 1 heterocycles. The number of nitrogens with zero attached hydrogens (tertiary/aromatic N) is 1. The summed E-state index contributed by atoms with van der Waals surface area (Å²) in [6, 6.07) is 6.69. The highest BCUT2D eigenvalue weighted by Gasteiger charge is 2.25. The van der Waals surface area contributed by atoms with Gasteiger partial charge in [0.1, 0.15) is 11.3 Å². The van der Waals surface area contributed by atoms with Crippen molar-refractivity contribution in [2.45, 2.75) is 38.1 Å².